The lowest BCUT2D eigenvalue weighted by Gasteiger charge is -2.28. The molecule has 1 atom stereocenters. The Morgan fingerprint density at radius 1 is 0.875 bits per heavy atom. The normalized spacial score (nSPS) is 13.9. The third kappa shape index (κ3) is 3.49. The Kier molecular flexibility index (Phi) is 5.41. The summed E-state index contributed by atoms with van der Waals surface area (Å²) in [4.78, 5) is 23.1. The van der Waals surface area contributed by atoms with Gasteiger partial charge in [0.25, 0.3) is 0 Å². The number of hydrogen-bond donors (Lipinski definition) is 0. The summed E-state index contributed by atoms with van der Waals surface area (Å²) >= 11 is 0. The molecule has 0 amide bonds. The third-order valence-electron chi connectivity index (χ3n) is 7.01. The largest absolute Gasteiger partial charge is 0.493 e. The van der Waals surface area contributed by atoms with Crippen molar-refractivity contribution in [2.75, 3.05) is 21.3 Å². The minimum atomic E-state index is -0.711. The van der Waals surface area contributed by atoms with Crippen molar-refractivity contribution in [3.8, 4) is 40.3 Å². The van der Waals surface area contributed by atoms with Crippen molar-refractivity contribution in [1.29, 1.82) is 0 Å². The molecule has 0 saturated heterocycles. The van der Waals surface area contributed by atoms with E-state index in [1.165, 1.54) is 7.11 Å². The molecule has 0 spiro atoms. The van der Waals surface area contributed by atoms with Crippen molar-refractivity contribution >= 4 is 16.6 Å². The zero-order chi connectivity index (χ0) is 27.4. The minimum Gasteiger partial charge on any atom is -0.493 e. The van der Waals surface area contributed by atoms with E-state index in [-0.39, 0.29) is 0 Å². The summed E-state index contributed by atoms with van der Waals surface area (Å²) in [6, 6.07) is 20.5. The van der Waals surface area contributed by atoms with Gasteiger partial charge in [-0.15, -0.1) is 5.10 Å². The Hall–Kier alpha value is -5.38. The van der Waals surface area contributed by atoms with Crippen molar-refractivity contribution < 1.29 is 23.4 Å². The first-order chi connectivity index (χ1) is 19.6. The van der Waals surface area contributed by atoms with Gasteiger partial charge in [0, 0.05) is 5.56 Å². The lowest BCUT2D eigenvalue weighted by atomic mass is 9.83. The van der Waals surface area contributed by atoms with E-state index in [0.717, 1.165) is 5.56 Å². The van der Waals surface area contributed by atoms with E-state index in [4.69, 9.17) is 28.3 Å². The highest BCUT2D eigenvalue weighted by Crippen LogP contribution is 2.51. The molecule has 10 heteroatoms. The summed E-state index contributed by atoms with van der Waals surface area (Å²) in [6.07, 6.45) is 1.55. The summed E-state index contributed by atoms with van der Waals surface area (Å²) in [6.45, 7) is 0. The standard InChI is InChI=1S/C30H22N4O6/c1-36-20-13-17(14-21(37-2)26(20)38-3)22-23-25(18-11-7-8-12-19(18)39-30(23)35)40-29-24(22)28-32-27(33-34(28)15-31-29)16-9-5-4-6-10-16/h4-15,22H,1-3H3. The molecular formula is C30H22N4O6. The fourth-order valence-corrected chi connectivity index (χ4v) is 5.24. The van der Waals surface area contributed by atoms with E-state index >= 15 is 0 Å². The predicted octanol–water partition coefficient (Wildman–Crippen LogP) is 5.21. The molecule has 198 valence electrons. The van der Waals surface area contributed by atoms with Crippen LogP contribution in [0.15, 0.2) is 82.3 Å². The Balaban J connectivity index is 1.57. The van der Waals surface area contributed by atoms with Gasteiger partial charge in [-0.05, 0) is 29.8 Å². The fraction of sp³-hybridized carbons (Fsp3) is 0.133. The number of methoxy groups -OCH3 is 3. The Morgan fingerprint density at radius 3 is 2.33 bits per heavy atom. The van der Waals surface area contributed by atoms with Crippen LogP contribution in [0.4, 0.5) is 0 Å². The molecule has 0 bridgehead atoms. The van der Waals surface area contributed by atoms with Crippen molar-refractivity contribution in [2.24, 2.45) is 0 Å². The molecule has 4 heterocycles. The molecule has 40 heavy (non-hydrogen) atoms. The smallest absolute Gasteiger partial charge is 0.344 e. The number of fused-ring (bicyclic) bond motifs is 6. The topological polar surface area (TPSA) is 110 Å². The monoisotopic (exact) mass is 534 g/mol. The van der Waals surface area contributed by atoms with Gasteiger partial charge >= 0.3 is 5.63 Å². The van der Waals surface area contributed by atoms with Crippen LogP contribution in [-0.2, 0) is 0 Å². The highest BCUT2D eigenvalue weighted by Gasteiger charge is 2.38. The number of aromatic nitrogens is 4. The van der Waals surface area contributed by atoms with Crippen molar-refractivity contribution in [3.05, 3.63) is 100 Å². The number of rotatable bonds is 5. The lowest BCUT2D eigenvalue weighted by molar-refractivity contribution is 0.323. The van der Waals surface area contributed by atoms with Gasteiger partial charge in [0.05, 0.1) is 43.8 Å². The molecule has 3 aromatic heterocycles. The third-order valence-corrected chi connectivity index (χ3v) is 7.01. The van der Waals surface area contributed by atoms with Crippen LogP contribution >= 0.6 is 0 Å². The molecule has 6 aromatic rings. The summed E-state index contributed by atoms with van der Waals surface area (Å²) in [5, 5.41) is 5.31. The summed E-state index contributed by atoms with van der Waals surface area (Å²) in [5.74, 6) is 1.77. The first kappa shape index (κ1) is 23.7. The first-order valence-corrected chi connectivity index (χ1v) is 12.5. The highest BCUT2D eigenvalue weighted by molar-refractivity contribution is 5.87. The number of benzene rings is 3. The molecule has 1 aliphatic heterocycles. The fourth-order valence-electron chi connectivity index (χ4n) is 5.24. The molecule has 0 N–H and O–H groups in total. The van der Waals surface area contributed by atoms with Gasteiger partial charge in [0.15, 0.2) is 28.7 Å². The van der Waals surface area contributed by atoms with Crippen molar-refractivity contribution in [1.82, 2.24) is 19.6 Å². The van der Waals surface area contributed by atoms with Crippen molar-refractivity contribution in [2.45, 2.75) is 5.92 Å². The van der Waals surface area contributed by atoms with Crippen LogP contribution in [-0.4, -0.2) is 40.9 Å². The van der Waals surface area contributed by atoms with E-state index in [1.54, 1.807) is 49.3 Å². The average Bonchev–Trinajstić information content (AvgIpc) is 3.44. The second-order valence-corrected chi connectivity index (χ2v) is 9.16. The Morgan fingerprint density at radius 2 is 1.60 bits per heavy atom. The first-order valence-electron chi connectivity index (χ1n) is 12.5. The molecule has 1 aliphatic rings. The number of nitrogens with zero attached hydrogens (tertiary/aromatic N) is 4. The summed E-state index contributed by atoms with van der Waals surface area (Å²) in [7, 11) is 4.62. The van der Waals surface area contributed by atoms with Gasteiger partial charge in [-0.2, -0.15) is 0 Å². The van der Waals surface area contributed by atoms with Crippen LogP contribution in [0.1, 0.15) is 22.6 Å². The minimum absolute atomic E-state index is 0.305. The van der Waals surface area contributed by atoms with E-state index in [9.17, 15) is 4.79 Å². The molecular weight excluding hydrogens is 512 g/mol. The predicted molar refractivity (Wildman–Crippen MR) is 146 cm³/mol. The summed E-state index contributed by atoms with van der Waals surface area (Å²) in [5.41, 5.74) is 2.73. The zero-order valence-corrected chi connectivity index (χ0v) is 21.7. The maximum Gasteiger partial charge on any atom is 0.344 e. The number of hydrogen-bond acceptors (Lipinski definition) is 9. The number of ether oxygens (including phenoxy) is 4. The molecule has 0 radical (unpaired) electrons. The van der Waals surface area contributed by atoms with Crippen LogP contribution in [0.5, 0.6) is 28.9 Å². The molecule has 1 unspecified atom stereocenters. The van der Waals surface area contributed by atoms with Gasteiger partial charge in [0.2, 0.25) is 11.6 Å². The molecule has 10 nitrogen and oxygen atoms in total. The Labute approximate surface area is 227 Å². The van der Waals surface area contributed by atoms with Gasteiger partial charge in [-0.25, -0.2) is 19.3 Å². The van der Waals surface area contributed by atoms with Gasteiger partial charge in [-0.3, -0.25) is 0 Å². The van der Waals surface area contributed by atoms with Gasteiger partial charge < -0.3 is 23.4 Å². The SMILES string of the molecule is COc1cc(C2c3c(c4ccccc4oc3=O)Oc3ncn4nc(-c5ccccc5)nc4c32)cc(OC)c1OC. The van der Waals surface area contributed by atoms with Crippen LogP contribution < -0.4 is 24.6 Å². The quantitative estimate of drug-likeness (QED) is 0.275. The van der Waals surface area contributed by atoms with E-state index < -0.39 is 11.5 Å². The molecule has 0 aliphatic carbocycles. The molecule has 3 aromatic carbocycles. The maximum atomic E-state index is 13.7. The molecule has 0 fully saturated rings. The van der Waals surface area contributed by atoms with E-state index in [0.29, 0.717) is 68.0 Å². The van der Waals surface area contributed by atoms with Crippen LogP contribution in [0.2, 0.25) is 0 Å². The van der Waals surface area contributed by atoms with Gasteiger partial charge in [0.1, 0.15) is 11.9 Å². The highest BCUT2D eigenvalue weighted by atomic mass is 16.5. The molecule has 0 saturated carbocycles. The van der Waals surface area contributed by atoms with Crippen molar-refractivity contribution in [3.63, 3.8) is 0 Å². The zero-order valence-electron chi connectivity index (χ0n) is 21.7. The average molecular weight is 535 g/mol. The number of para-hydroxylation sites is 1. The van der Waals surface area contributed by atoms with Crippen LogP contribution in [0.3, 0.4) is 0 Å². The Bertz CT molecular complexity index is 1960. The van der Waals surface area contributed by atoms with Crippen LogP contribution in [0, 0.1) is 0 Å². The maximum absolute atomic E-state index is 13.7. The molecule has 7 rings (SSSR count). The lowest BCUT2D eigenvalue weighted by Crippen LogP contribution is -2.22. The van der Waals surface area contributed by atoms with E-state index in [1.807, 2.05) is 42.5 Å². The second kappa shape index (κ2) is 9.12. The second-order valence-electron chi connectivity index (χ2n) is 9.16. The van der Waals surface area contributed by atoms with E-state index in [2.05, 4.69) is 10.1 Å². The van der Waals surface area contributed by atoms with Crippen LogP contribution in [0.25, 0.3) is 28.0 Å². The summed E-state index contributed by atoms with van der Waals surface area (Å²) < 4.78 is 30.6. The van der Waals surface area contributed by atoms with Gasteiger partial charge in [-0.1, -0.05) is 42.5 Å².